The number of carbonyl (C=O) groups excluding carboxylic acids is 1. The molecule has 104 valence electrons. The highest BCUT2D eigenvalue weighted by molar-refractivity contribution is 5.95. The molecule has 0 saturated carbocycles. The second-order valence-electron chi connectivity index (χ2n) is 5.35. The van der Waals surface area contributed by atoms with Gasteiger partial charge in [0.1, 0.15) is 5.84 Å². The van der Waals surface area contributed by atoms with Gasteiger partial charge in [0, 0.05) is 17.5 Å². The first-order valence-corrected chi connectivity index (χ1v) is 6.57. The van der Waals surface area contributed by atoms with E-state index in [4.69, 9.17) is 11.1 Å². The number of nitrogens with two attached hydrogens (primary N) is 1. The zero-order valence-corrected chi connectivity index (χ0v) is 12.0. The molecule has 0 fully saturated rings. The Labute approximate surface area is 114 Å². The first-order valence-electron chi connectivity index (χ1n) is 6.57. The van der Waals surface area contributed by atoms with E-state index in [1.807, 2.05) is 45.9 Å². The summed E-state index contributed by atoms with van der Waals surface area (Å²) in [7, 11) is 0. The molecule has 1 unspecified atom stereocenters. The number of nitrogen functional groups attached to an aromatic ring is 1. The number of carbonyl (C=O) groups is 1. The third-order valence-corrected chi connectivity index (χ3v) is 2.88. The Morgan fingerprint density at radius 2 is 1.89 bits per heavy atom. The maximum Gasteiger partial charge on any atom is 0.156 e. The van der Waals surface area contributed by atoms with Crippen molar-refractivity contribution in [1.82, 2.24) is 5.32 Å². The minimum absolute atomic E-state index is 0.0159. The average molecular weight is 261 g/mol. The highest BCUT2D eigenvalue weighted by Gasteiger charge is 2.23. The zero-order chi connectivity index (χ0) is 14.6. The smallest absolute Gasteiger partial charge is 0.156 e. The molecule has 0 aliphatic rings. The van der Waals surface area contributed by atoms with Crippen molar-refractivity contribution in [2.75, 3.05) is 0 Å². The molecule has 0 saturated heterocycles. The van der Waals surface area contributed by atoms with Crippen LogP contribution in [0.25, 0.3) is 0 Å². The lowest BCUT2D eigenvalue weighted by atomic mass is 9.93. The molecular weight excluding hydrogens is 238 g/mol. The summed E-state index contributed by atoms with van der Waals surface area (Å²) in [4.78, 5) is 12.3. The molecule has 19 heavy (non-hydrogen) atoms. The zero-order valence-electron chi connectivity index (χ0n) is 12.0. The molecule has 0 spiro atoms. The summed E-state index contributed by atoms with van der Waals surface area (Å²) >= 11 is 0. The fraction of sp³-hybridized carbons (Fsp3) is 0.467. The van der Waals surface area contributed by atoms with Crippen molar-refractivity contribution in [2.24, 2.45) is 11.7 Å². The quantitative estimate of drug-likeness (QED) is 0.542. The van der Waals surface area contributed by atoms with Gasteiger partial charge < -0.3 is 11.1 Å². The lowest BCUT2D eigenvalue weighted by Gasteiger charge is -2.22. The van der Waals surface area contributed by atoms with Crippen molar-refractivity contribution in [2.45, 2.75) is 39.8 Å². The molecule has 1 atom stereocenters. The first kappa shape index (κ1) is 15.4. The van der Waals surface area contributed by atoms with Gasteiger partial charge in [-0.15, -0.1) is 0 Å². The standard InChI is InChI=1S/C15H23N3O/c1-9(2)14(19)13(18-10(3)4)11-6-5-7-12(8-11)15(16)17/h5-10,13,18H,1-4H3,(H3,16,17). The summed E-state index contributed by atoms with van der Waals surface area (Å²) in [6.45, 7) is 7.81. The summed E-state index contributed by atoms with van der Waals surface area (Å²) in [6, 6.07) is 7.16. The van der Waals surface area contributed by atoms with Crippen molar-refractivity contribution in [3.05, 3.63) is 35.4 Å². The van der Waals surface area contributed by atoms with Crippen LogP contribution in [0.1, 0.15) is 44.9 Å². The van der Waals surface area contributed by atoms with Gasteiger partial charge in [-0.2, -0.15) is 0 Å². The number of benzene rings is 1. The topological polar surface area (TPSA) is 79.0 Å². The van der Waals surface area contributed by atoms with Crippen molar-refractivity contribution < 1.29 is 4.79 Å². The number of Topliss-reactive ketones (excluding diaryl/α,β-unsaturated/α-hetero) is 1. The molecule has 0 bridgehead atoms. The van der Waals surface area contributed by atoms with E-state index in [0.29, 0.717) is 5.56 Å². The fourth-order valence-electron chi connectivity index (χ4n) is 1.90. The van der Waals surface area contributed by atoms with Crippen LogP contribution < -0.4 is 11.1 Å². The van der Waals surface area contributed by atoms with Crippen molar-refractivity contribution in [3.63, 3.8) is 0 Å². The summed E-state index contributed by atoms with van der Waals surface area (Å²) in [5, 5.41) is 10.8. The van der Waals surface area contributed by atoms with Crippen LogP contribution in [0.5, 0.6) is 0 Å². The van der Waals surface area contributed by atoms with Gasteiger partial charge in [-0.05, 0) is 25.5 Å². The van der Waals surface area contributed by atoms with Gasteiger partial charge >= 0.3 is 0 Å². The molecule has 1 rings (SSSR count). The largest absolute Gasteiger partial charge is 0.384 e. The van der Waals surface area contributed by atoms with Crippen LogP contribution in [-0.4, -0.2) is 17.7 Å². The number of ketones is 1. The van der Waals surface area contributed by atoms with Crippen LogP contribution in [0.4, 0.5) is 0 Å². The molecule has 0 aliphatic heterocycles. The highest BCUT2D eigenvalue weighted by atomic mass is 16.1. The molecule has 1 aromatic rings. The predicted molar refractivity (Wildman–Crippen MR) is 78.3 cm³/mol. The van der Waals surface area contributed by atoms with Crippen LogP contribution in [0, 0.1) is 11.3 Å². The summed E-state index contributed by atoms with van der Waals surface area (Å²) in [6.07, 6.45) is 0. The highest BCUT2D eigenvalue weighted by Crippen LogP contribution is 2.20. The van der Waals surface area contributed by atoms with E-state index in [0.717, 1.165) is 5.56 Å². The minimum atomic E-state index is -0.348. The first-order chi connectivity index (χ1) is 8.82. The van der Waals surface area contributed by atoms with Crippen LogP contribution in [0.15, 0.2) is 24.3 Å². The van der Waals surface area contributed by atoms with E-state index >= 15 is 0 Å². The monoisotopic (exact) mass is 261 g/mol. The van der Waals surface area contributed by atoms with Crippen LogP contribution in [0.3, 0.4) is 0 Å². The van der Waals surface area contributed by atoms with E-state index in [-0.39, 0.29) is 29.6 Å². The second kappa shape index (κ2) is 6.48. The Hall–Kier alpha value is -1.68. The van der Waals surface area contributed by atoms with Gasteiger partial charge in [-0.1, -0.05) is 32.0 Å². The SMILES string of the molecule is CC(C)NC(C(=O)C(C)C)c1cccc(C(=N)N)c1. The molecule has 1 aromatic carbocycles. The summed E-state index contributed by atoms with van der Waals surface area (Å²) in [5.41, 5.74) is 7.00. The van der Waals surface area contributed by atoms with Gasteiger partial charge in [-0.25, -0.2) is 0 Å². The molecule has 0 radical (unpaired) electrons. The molecule has 0 aliphatic carbocycles. The Kier molecular flexibility index (Phi) is 5.24. The molecule has 0 amide bonds. The Morgan fingerprint density at radius 3 is 2.37 bits per heavy atom. The molecular formula is C15H23N3O. The van der Waals surface area contributed by atoms with Crippen LogP contribution in [-0.2, 0) is 4.79 Å². The van der Waals surface area contributed by atoms with E-state index in [9.17, 15) is 4.79 Å². The Bertz CT molecular complexity index is 466. The number of hydrogen-bond donors (Lipinski definition) is 3. The van der Waals surface area contributed by atoms with E-state index in [2.05, 4.69) is 5.32 Å². The van der Waals surface area contributed by atoms with Gasteiger partial charge in [0.2, 0.25) is 0 Å². The molecule has 0 aromatic heterocycles. The maximum absolute atomic E-state index is 12.3. The summed E-state index contributed by atoms with van der Waals surface area (Å²) < 4.78 is 0. The number of amidine groups is 1. The fourth-order valence-corrected chi connectivity index (χ4v) is 1.90. The van der Waals surface area contributed by atoms with Gasteiger partial charge in [0.25, 0.3) is 0 Å². The molecule has 4 nitrogen and oxygen atoms in total. The van der Waals surface area contributed by atoms with Crippen molar-refractivity contribution in [3.8, 4) is 0 Å². The van der Waals surface area contributed by atoms with E-state index in [1.54, 1.807) is 6.07 Å². The van der Waals surface area contributed by atoms with Gasteiger partial charge in [0.05, 0.1) is 6.04 Å². The normalized spacial score (nSPS) is 12.7. The lowest BCUT2D eigenvalue weighted by molar-refractivity contribution is -0.124. The van der Waals surface area contributed by atoms with Gasteiger partial charge in [0.15, 0.2) is 5.78 Å². The molecule has 4 N–H and O–H groups in total. The second-order valence-corrected chi connectivity index (χ2v) is 5.35. The molecule has 4 heteroatoms. The van der Waals surface area contributed by atoms with E-state index in [1.165, 1.54) is 0 Å². The van der Waals surface area contributed by atoms with Crippen LogP contribution >= 0.6 is 0 Å². The van der Waals surface area contributed by atoms with Crippen molar-refractivity contribution in [1.29, 1.82) is 5.41 Å². The lowest BCUT2D eigenvalue weighted by Crippen LogP contribution is -2.35. The minimum Gasteiger partial charge on any atom is -0.384 e. The van der Waals surface area contributed by atoms with Crippen LogP contribution in [0.2, 0.25) is 0 Å². The van der Waals surface area contributed by atoms with Crippen molar-refractivity contribution >= 4 is 11.6 Å². The molecule has 0 heterocycles. The third kappa shape index (κ3) is 4.17. The summed E-state index contributed by atoms with van der Waals surface area (Å²) in [5.74, 6) is 0.119. The van der Waals surface area contributed by atoms with Gasteiger partial charge in [-0.3, -0.25) is 10.2 Å². The Morgan fingerprint density at radius 1 is 1.26 bits per heavy atom. The maximum atomic E-state index is 12.3. The number of nitrogens with one attached hydrogen (secondary N) is 2. The predicted octanol–water partition coefficient (Wildman–Crippen LogP) is 2.23. The van der Waals surface area contributed by atoms with E-state index < -0.39 is 0 Å². The number of rotatable bonds is 6. The Balaban J connectivity index is 3.13. The average Bonchev–Trinajstić information content (AvgIpc) is 2.34. The number of hydrogen-bond acceptors (Lipinski definition) is 3. The third-order valence-electron chi connectivity index (χ3n) is 2.88.